The van der Waals surface area contributed by atoms with Gasteiger partial charge in [0, 0.05) is 42.6 Å². The maximum absolute atomic E-state index is 11.8. The molecule has 0 saturated carbocycles. The number of benzene rings is 1. The second-order valence-electron chi connectivity index (χ2n) is 5.97. The van der Waals surface area contributed by atoms with Crippen LogP contribution in [0.15, 0.2) is 39.9 Å². The number of carbonyl (C=O) groups is 1. The van der Waals surface area contributed by atoms with Crippen molar-refractivity contribution in [3.8, 4) is 0 Å². The van der Waals surface area contributed by atoms with E-state index >= 15 is 0 Å². The van der Waals surface area contributed by atoms with Crippen LogP contribution in [0, 0.1) is 6.92 Å². The summed E-state index contributed by atoms with van der Waals surface area (Å²) in [5, 5.41) is 7.46. The average Bonchev–Trinajstić information content (AvgIpc) is 3.03. The Morgan fingerprint density at radius 3 is 2.56 bits per heavy atom. The van der Waals surface area contributed by atoms with Crippen LogP contribution in [0.4, 0.5) is 0 Å². The molecule has 0 aliphatic carbocycles. The molecule has 0 atom stereocenters. The van der Waals surface area contributed by atoms with E-state index in [1.54, 1.807) is 30.3 Å². The Hall–Kier alpha value is -1.20. The van der Waals surface area contributed by atoms with Crippen LogP contribution in [-0.4, -0.2) is 48.9 Å². The molecule has 0 fully saturated rings. The predicted octanol–water partition coefficient (Wildman–Crippen LogP) is 3.20. The first-order valence-corrected chi connectivity index (χ1v) is 9.93. The minimum absolute atomic E-state index is 0. The third-order valence-corrected chi connectivity index (χ3v) is 5.04. The maximum Gasteiger partial charge on any atom is 0.241 e. The summed E-state index contributed by atoms with van der Waals surface area (Å²) in [6, 6.07) is 8.03. The van der Waals surface area contributed by atoms with Gasteiger partial charge in [0.15, 0.2) is 5.96 Å². The number of carbonyl (C=O) groups excluding carboxylic acids is 1. The van der Waals surface area contributed by atoms with Crippen molar-refractivity contribution in [2.45, 2.75) is 19.9 Å². The Balaban J connectivity index is 0.00000364. The van der Waals surface area contributed by atoms with Crippen LogP contribution in [-0.2, 0) is 17.8 Å². The second-order valence-corrected chi connectivity index (χ2v) is 8.21. The van der Waals surface area contributed by atoms with Gasteiger partial charge in [-0.3, -0.25) is 4.79 Å². The number of rotatable bonds is 7. The van der Waals surface area contributed by atoms with Gasteiger partial charge in [0.1, 0.15) is 0 Å². The van der Waals surface area contributed by atoms with Gasteiger partial charge in [-0.25, -0.2) is 9.98 Å². The van der Waals surface area contributed by atoms with E-state index in [9.17, 15) is 4.79 Å². The lowest BCUT2D eigenvalue weighted by atomic mass is 10.2. The number of thiazole rings is 1. The average molecular weight is 566 g/mol. The fourth-order valence-corrected chi connectivity index (χ4v) is 3.11. The molecule has 148 valence electrons. The Bertz CT molecular complexity index is 748. The molecule has 27 heavy (non-hydrogen) atoms. The number of likely N-dealkylation sites (N-methyl/N-ethyl adjacent to an activating group) is 1. The van der Waals surface area contributed by atoms with Crippen molar-refractivity contribution in [1.82, 2.24) is 20.5 Å². The molecule has 0 spiro atoms. The first kappa shape index (κ1) is 23.8. The summed E-state index contributed by atoms with van der Waals surface area (Å²) in [6.45, 7) is 3.49. The van der Waals surface area contributed by atoms with Crippen molar-refractivity contribution in [2.75, 3.05) is 27.2 Å². The summed E-state index contributed by atoms with van der Waals surface area (Å²) in [4.78, 5) is 23.5. The molecule has 1 amide bonds. The van der Waals surface area contributed by atoms with Gasteiger partial charge in [-0.2, -0.15) is 0 Å². The van der Waals surface area contributed by atoms with Crippen molar-refractivity contribution in [2.24, 2.45) is 4.99 Å². The number of hydrogen-bond donors (Lipinski definition) is 2. The molecule has 2 aromatic rings. The number of nitrogens with one attached hydrogen (secondary N) is 2. The van der Waals surface area contributed by atoms with E-state index < -0.39 is 0 Å². The van der Waals surface area contributed by atoms with Gasteiger partial charge in [0.25, 0.3) is 0 Å². The third kappa shape index (κ3) is 9.02. The normalized spacial score (nSPS) is 10.9. The molecule has 9 heteroatoms. The Labute approximate surface area is 190 Å². The number of nitrogens with zero attached hydrogens (tertiary/aromatic N) is 3. The number of halogens is 2. The number of guanidine groups is 1. The molecule has 0 aliphatic rings. The lowest BCUT2D eigenvalue weighted by molar-refractivity contribution is -0.127. The monoisotopic (exact) mass is 565 g/mol. The van der Waals surface area contributed by atoms with Gasteiger partial charge in [-0.05, 0) is 24.6 Å². The zero-order valence-electron chi connectivity index (χ0n) is 15.7. The molecule has 1 aromatic heterocycles. The number of aliphatic imine (C=N–C) groups is 1. The third-order valence-electron chi connectivity index (χ3n) is 3.54. The fraction of sp³-hybridized carbons (Fsp3) is 0.389. The van der Waals surface area contributed by atoms with Crippen LogP contribution < -0.4 is 10.6 Å². The smallest absolute Gasteiger partial charge is 0.241 e. The molecule has 0 radical (unpaired) electrons. The summed E-state index contributed by atoms with van der Waals surface area (Å²) < 4.78 is 1.04. The minimum atomic E-state index is -0.00121. The van der Waals surface area contributed by atoms with Crippen LogP contribution >= 0.6 is 51.2 Å². The topological polar surface area (TPSA) is 69.6 Å². The standard InChI is InChI=1S/C18H24BrN5OS.HI/c1-13-10-21-16(26-13)8-9-20-18(23-12-17(25)24(2)3)22-11-14-4-6-15(19)7-5-14;/h4-7,10H,8-9,11-12H2,1-3H3,(H2,20,22,23);1H. The van der Waals surface area contributed by atoms with E-state index in [0.29, 0.717) is 19.0 Å². The molecule has 2 N–H and O–H groups in total. The van der Waals surface area contributed by atoms with E-state index in [0.717, 1.165) is 21.5 Å². The van der Waals surface area contributed by atoms with Crippen LogP contribution in [0.2, 0.25) is 0 Å². The molecule has 1 aromatic carbocycles. The zero-order chi connectivity index (χ0) is 18.9. The summed E-state index contributed by atoms with van der Waals surface area (Å²) in [5.41, 5.74) is 1.10. The number of hydrogen-bond acceptors (Lipinski definition) is 4. The molecule has 2 rings (SSSR count). The molecule has 0 saturated heterocycles. The summed E-state index contributed by atoms with van der Waals surface area (Å²) in [6.07, 6.45) is 2.70. The molecule has 1 heterocycles. The van der Waals surface area contributed by atoms with Crippen LogP contribution in [0.5, 0.6) is 0 Å². The van der Waals surface area contributed by atoms with Crippen LogP contribution in [0.3, 0.4) is 0 Å². The lowest BCUT2D eigenvalue weighted by Crippen LogP contribution is -2.43. The van der Waals surface area contributed by atoms with E-state index in [4.69, 9.17) is 0 Å². The van der Waals surface area contributed by atoms with E-state index in [2.05, 4.69) is 36.5 Å². The zero-order valence-corrected chi connectivity index (χ0v) is 20.4. The van der Waals surface area contributed by atoms with Crippen molar-refractivity contribution >= 4 is 63.1 Å². The highest BCUT2D eigenvalue weighted by molar-refractivity contribution is 14.0. The largest absolute Gasteiger partial charge is 0.356 e. The quantitative estimate of drug-likeness (QED) is 0.307. The van der Waals surface area contributed by atoms with Gasteiger partial charge in [-0.1, -0.05) is 28.1 Å². The highest BCUT2D eigenvalue weighted by Crippen LogP contribution is 2.12. The maximum atomic E-state index is 11.8. The van der Waals surface area contributed by atoms with E-state index in [1.165, 1.54) is 4.88 Å². The molecular weight excluding hydrogens is 541 g/mol. The van der Waals surface area contributed by atoms with Crippen molar-refractivity contribution in [3.63, 3.8) is 0 Å². The Morgan fingerprint density at radius 1 is 1.26 bits per heavy atom. The van der Waals surface area contributed by atoms with E-state index in [1.807, 2.05) is 37.4 Å². The molecular formula is C18H25BrIN5OS. The van der Waals surface area contributed by atoms with Gasteiger partial charge >= 0.3 is 0 Å². The van der Waals surface area contributed by atoms with Gasteiger partial charge in [0.05, 0.1) is 18.1 Å². The van der Waals surface area contributed by atoms with Gasteiger partial charge in [0.2, 0.25) is 5.91 Å². The highest BCUT2D eigenvalue weighted by atomic mass is 127. The predicted molar refractivity (Wildman–Crippen MR) is 126 cm³/mol. The summed E-state index contributed by atoms with van der Waals surface area (Å²) in [7, 11) is 3.47. The SMILES string of the molecule is Cc1cnc(CCNC(=NCc2ccc(Br)cc2)NCC(=O)N(C)C)s1.I. The molecule has 0 bridgehead atoms. The van der Waals surface area contributed by atoms with Gasteiger partial charge < -0.3 is 15.5 Å². The summed E-state index contributed by atoms with van der Waals surface area (Å²) in [5.74, 6) is 0.620. The Morgan fingerprint density at radius 2 is 1.96 bits per heavy atom. The fourth-order valence-electron chi connectivity index (χ4n) is 2.06. The summed E-state index contributed by atoms with van der Waals surface area (Å²) >= 11 is 5.13. The van der Waals surface area contributed by atoms with Crippen molar-refractivity contribution in [3.05, 3.63) is 50.4 Å². The molecule has 0 aliphatic heterocycles. The molecule has 0 unspecified atom stereocenters. The van der Waals surface area contributed by atoms with E-state index in [-0.39, 0.29) is 36.4 Å². The minimum Gasteiger partial charge on any atom is -0.356 e. The number of aryl methyl sites for hydroxylation is 1. The molecule has 6 nitrogen and oxygen atoms in total. The van der Waals surface area contributed by atoms with Crippen LogP contribution in [0.1, 0.15) is 15.4 Å². The second kappa shape index (κ2) is 12.3. The number of amides is 1. The Kier molecular flexibility index (Phi) is 10.9. The van der Waals surface area contributed by atoms with Crippen LogP contribution in [0.25, 0.3) is 0 Å². The van der Waals surface area contributed by atoms with Crippen molar-refractivity contribution in [1.29, 1.82) is 0 Å². The lowest BCUT2D eigenvalue weighted by Gasteiger charge is -2.14. The number of aromatic nitrogens is 1. The highest BCUT2D eigenvalue weighted by Gasteiger charge is 2.06. The van der Waals surface area contributed by atoms with Crippen molar-refractivity contribution < 1.29 is 4.79 Å². The first-order chi connectivity index (χ1) is 12.4. The van der Waals surface area contributed by atoms with Gasteiger partial charge in [-0.15, -0.1) is 35.3 Å². The first-order valence-electron chi connectivity index (χ1n) is 8.32.